The summed E-state index contributed by atoms with van der Waals surface area (Å²) in [5.41, 5.74) is 7.37. The summed E-state index contributed by atoms with van der Waals surface area (Å²) in [6.07, 6.45) is -0.227. The lowest BCUT2D eigenvalue weighted by Crippen LogP contribution is -2.51. The Kier molecular flexibility index (Phi) is 4.17. The van der Waals surface area contributed by atoms with Gasteiger partial charge in [0, 0.05) is 6.54 Å². The first kappa shape index (κ1) is 12.9. The molecular weight excluding hydrogens is 232 g/mol. The van der Waals surface area contributed by atoms with Gasteiger partial charge in [-0.3, -0.25) is 0 Å². The number of nitrogens with zero attached hydrogens (tertiary/aromatic N) is 1. The van der Waals surface area contributed by atoms with Gasteiger partial charge in [0.25, 0.3) is 0 Å². The number of anilines is 1. The molecule has 0 amide bonds. The Hall–Kier alpha value is -1.59. The summed E-state index contributed by atoms with van der Waals surface area (Å²) in [6.45, 7) is 3.92. The number of rotatable bonds is 3. The van der Waals surface area contributed by atoms with Crippen LogP contribution in [0.4, 0.5) is 5.69 Å². The lowest BCUT2D eigenvalue weighted by molar-refractivity contribution is 0.0525. The Labute approximate surface area is 106 Å². The zero-order valence-electron chi connectivity index (χ0n) is 10.5. The maximum atomic E-state index is 11.9. The molecule has 0 aliphatic carbocycles. The normalized spacial score (nSPS) is 19.7. The second kappa shape index (κ2) is 5.84. The fourth-order valence-corrected chi connectivity index (χ4v) is 2.03. The molecule has 1 fully saturated rings. The molecule has 1 heterocycles. The number of carbonyl (C=O) groups excluding carboxylic acids is 1. The van der Waals surface area contributed by atoms with Crippen molar-refractivity contribution in [3.63, 3.8) is 0 Å². The van der Waals surface area contributed by atoms with Crippen LogP contribution in [0.25, 0.3) is 0 Å². The minimum absolute atomic E-state index is 0.227. The van der Waals surface area contributed by atoms with E-state index in [1.807, 2.05) is 23.1 Å². The highest BCUT2D eigenvalue weighted by Gasteiger charge is 2.24. The fourth-order valence-electron chi connectivity index (χ4n) is 2.03. The highest BCUT2D eigenvalue weighted by Crippen LogP contribution is 2.23. The third-order valence-corrected chi connectivity index (χ3v) is 2.87. The lowest BCUT2D eigenvalue weighted by Gasteiger charge is -2.35. The third kappa shape index (κ3) is 2.63. The van der Waals surface area contributed by atoms with Crippen molar-refractivity contribution in [3.8, 4) is 0 Å². The molecule has 1 aliphatic heterocycles. The fraction of sp³-hybridized carbons (Fsp3) is 0.462. The summed E-state index contributed by atoms with van der Waals surface area (Å²) in [5, 5.41) is 0. The van der Waals surface area contributed by atoms with Gasteiger partial charge in [0.2, 0.25) is 0 Å². The molecule has 1 unspecified atom stereocenters. The van der Waals surface area contributed by atoms with Crippen molar-refractivity contribution in [3.05, 3.63) is 29.8 Å². The van der Waals surface area contributed by atoms with Gasteiger partial charge in [-0.1, -0.05) is 12.1 Å². The van der Waals surface area contributed by atoms with E-state index in [2.05, 4.69) is 0 Å². The van der Waals surface area contributed by atoms with Crippen molar-refractivity contribution in [2.45, 2.75) is 13.1 Å². The van der Waals surface area contributed by atoms with Crippen molar-refractivity contribution in [2.24, 2.45) is 5.73 Å². The van der Waals surface area contributed by atoms with Gasteiger partial charge in [0.1, 0.15) is 6.17 Å². The van der Waals surface area contributed by atoms with Gasteiger partial charge in [-0.15, -0.1) is 0 Å². The monoisotopic (exact) mass is 250 g/mol. The van der Waals surface area contributed by atoms with Gasteiger partial charge in [-0.2, -0.15) is 0 Å². The van der Waals surface area contributed by atoms with E-state index in [4.69, 9.17) is 15.2 Å². The first-order valence-electron chi connectivity index (χ1n) is 6.10. The van der Waals surface area contributed by atoms with Crippen LogP contribution in [0, 0.1) is 0 Å². The second-order valence-corrected chi connectivity index (χ2v) is 4.07. The third-order valence-electron chi connectivity index (χ3n) is 2.87. The van der Waals surface area contributed by atoms with Gasteiger partial charge < -0.3 is 20.1 Å². The van der Waals surface area contributed by atoms with E-state index in [1.165, 1.54) is 0 Å². The molecule has 0 aromatic heterocycles. The van der Waals surface area contributed by atoms with E-state index in [9.17, 15) is 4.79 Å². The SMILES string of the molecule is CCOC(=O)c1ccccc1N1CCOCC1N. The van der Waals surface area contributed by atoms with Gasteiger partial charge in [0.05, 0.1) is 31.1 Å². The molecular formula is C13H18N2O3. The predicted octanol–water partition coefficient (Wildman–Crippen LogP) is 0.985. The zero-order chi connectivity index (χ0) is 13.0. The van der Waals surface area contributed by atoms with Crippen LogP contribution >= 0.6 is 0 Å². The van der Waals surface area contributed by atoms with E-state index in [-0.39, 0.29) is 12.1 Å². The Morgan fingerprint density at radius 3 is 3.06 bits per heavy atom. The Balaban J connectivity index is 2.28. The molecule has 0 spiro atoms. The summed E-state index contributed by atoms with van der Waals surface area (Å²) in [6, 6.07) is 7.36. The molecule has 98 valence electrons. The van der Waals surface area contributed by atoms with Crippen LogP contribution in [0.3, 0.4) is 0 Å². The number of para-hydroxylation sites is 1. The topological polar surface area (TPSA) is 64.8 Å². The number of nitrogens with two attached hydrogens (primary N) is 1. The molecule has 0 radical (unpaired) electrons. The van der Waals surface area contributed by atoms with Crippen LogP contribution in [0.1, 0.15) is 17.3 Å². The zero-order valence-corrected chi connectivity index (χ0v) is 10.5. The number of benzene rings is 1. The van der Waals surface area contributed by atoms with E-state index >= 15 is 0 Å². The molecule has 0 bridgehead atoms. The van der Waals surface area contributed by atoms with Crippen molar-refractivity contribution in [2.75, 3.05) is 31.3 Å². The summed E-state index contributed by atoms with van der Waals surface area (Å²) in [5.74, 6) is -0.313. The quantitative estimate of drug-likeness (QED) is 0.810. The maximum Gasteiger partial charge on any atom is 0.340 e. The summed E-state index contributed by atoms with van der Waals surface area (Å²) >= 11 is 0. The van der Waals surface area contributed by atoms with Crippen molar-refractivity contribution in [1.82, 2.24) is 0 Å². The smallest absolute Gasteiger partial charge is 0.340 e. The molecule has 5 nitrogen and oxygen atoms in total. The van der Waals surface area contributed by atoms with Gasteiger partial charge in [-0.05, 0) is 19.1 Å². The maximum absolute atomic E-state index is 11.9. The number of hydrogen-bond acceptors (Lipinski definition) is 5. The van der Waals surface area contributed by atoms with Crippen molar-refractivity contribution < 1.29 is 14.3 Å². The van der Waals surface area contributed by atoms with Gasteiger partial charge in [-0.25, -0.2) is 4.79 Å². The Morgan fingerprint density at radius 2 is 2.33 bits per heavy atom. The minimum atomic E-state index is -0.313. The highest BCUT2D eigenvalue weighted by molar-refractivity contribution is 5.96. The van der Waals surface area contributed by atoms with Gasteiger partial charge in [0.15, 0.2) is 0 Å². The summed E-state index contributed by atoms with van der Waals surface area (Å²) in [4.78, 5) is 13.9. The molecule has 0 saturated carbocycles. The molecule has 1 aromatic carbocycles. The van der Waals surface area contributed by atoms with Crippen LogP contribution < -0.4 is 10.6 Å². The van der Waals surface area contributed by atoms with E-state index in [0.29, 0.717) is 31.9 Å². The highest BCUT2D eigenvalue weighted by atomic mass is 16.5. The number of morpholine rings is 1. The summed E-state index contributed by atoms with van der Waals surface area (Å²) < 4.78 is 10.4. The van der Waals surface area contributed by atoms with Crippen LogP contribution in [0.5, 0.6) is 0 Å². The number of carbonyl (C=O) groups is 1. The lowest BCUT2D eigenvalue weighted by atomic mass is 10.1. The van der Waals surface area contributed by atoms with Crippen molar-refractivity contribution >= 4 is 11.7 Å². The van der Waals surface area contributed by atoms with Crippen LogP contribution in [0.2, 0.25) is 0 Å². The molecule has 1 atom stereocenters. The number of ether oxygens (including phenoxy) is 2. The molecule has 2 rings (SSSR count). The van der Waals surface area contributed by atoms with Crippen LogP contribution in [0.15, 0.2) is 24.3 Å². The summed E-state index contributed by atoms with van der Waals surface area (Å²) in [7, 11) is 0. The standard InChI is InChI=1S/C13H18N2O3/c1-2-18-13(16)10-5-3-4-6-11(10)15-7-8-17-9-12(15)14/h3-6,12H,2,7-9,14H2,1H3. The molecule has 1 saturated heterocycles. The average molecular weight is 250 g/mol. The number of hydrogen-bond donors (Lipinski definition) is 1. The van der Waals surface area contributed by atoms with E-state index in [1.54, 1.807) is 13.0 Å². The molecule has 1 aromatic rings. The average Bonchev–Trinajstić information content (AvgIpc) is 2.40. The Bertz CT molecular complexity index is 422. The minimum Gasteiger partial charge on any atom is -0.462 e. The predicted molar refractivity (Wildman–Crippen MR) is 68.5 cm³/mol. The second-order valence-electron chi connectivity index (χ2n) is 4.07. The first-order valence-corrected chi connectivity index (χ1v) is 6.10. The molecule has 2 N–H and O–H groups in total. The molecule has 1 aliphatic rings. The largest absolute Gasteiger partial charge is 0.462 e. The Morgan fingerprint density at radius 1 is 1.56 bits per heavy atom. The molecule has 5 heteroatoms. The van der Waals surface area contributed by atoms with E-state index < -0.39 is 0 Å². The van der Waals surface area contributed by atoms with Gasteiger partial charge >= 0.3 is 5.97 Å². The van der Waals surface area contributed by atoms with Crippen molar-refractivity contribution in [1.29, 1.82) is 0 Å². The van der Waals surface area contributed by atoms with Crippen LogP contribution in [-0.4, -0.2) is 38.5 Å². The first-order chi connectivity index (χ1) is 8.74. The number of esters is 1. The molecule has 18 heavy (non-hydrogen) atoms. The van der Waals surface area contributed by atoms with E-state index in [0.717, 1.165) is 5.69 Å². The van der Waals surface area contributed by atoms with Crippen LogP contribution in [-0.2, 0) is 9.47 Å².